The molecule has 2 heteroatoms. The number of rotatable bonds is 7. The quantitative estimate of drug-likeness (QED) is 0.564. The van der Waals surface area contributed by atoms with Gasteiger partial charge in [0.15, 0.2) is 0 Å². The van der Waals surface area contributed by atoms with Gasteiger partial charge in [-0.2, -0.15) is 0 Å². The van der Waals surface area contributed by atoms with Gasteiger partial charge in [-0.05, 0) is 55.7 Å². The molecule has 1 aromatic rings. The fourth-order valence-electron chi connectivity index (χ4n) is 4.38. The topological polar surface area (TPSA) is 16.1 Å². The van der Waals surface area contributed by atoms with Gasteiger partial charge in [0.2, 0.25) is 0 Å². The molecule has 0 saturated heterocycles. The predicted octanol–water partition coefficient (Wildman–Crippen LogP) is 6.32. The van der Waals surface area contributed by atoms with Crippen LogP contribution in [-0.4, -0.2) is 16.4 Å². The Labute approximate surface area is 165 Å². The second-order valence-electron chi connectivity index (χ2n) is 8.53. The van der Waals surface area contributed by atoms with Crippen molar-refractivity contribution < 1.29 is 0 Å². The molecule has 2 nitrogen and oxygen atoms in total. The van der Waals surface area contributed by atoms with Crippen LogP contribution in [0, 0.1) is 18.8 Å². The van der Waals surface area contributed by atoms with E-state index in [9.17, 15) is 0 Å². The summed E-state index contributed by atoms with van der Waals surface area (Å²) in [5, 5.41) is 0. The van der Waals surface area contributed by atoms with Crippen LogP contribution in [0.2, 0.25) is 0 Å². The molecule has 1 aromatic heterocycles. The van der Waals surface area contributed by atoms with Gasteiger partial charge in [-0.1, -0.05) is 63.6 Å². The number of hydrogen-bond donors (Lipinski definition) is 0. The van der Waals surface area contributed by atoms with E-state index in [1.165, 1.54) is 41.7 Å². The minimum absolute atomic E-state index is 0.230. The van der Waals surface area contributed by atoms with Crippen LogP contribution in [0.25, 0.3) is 0 Å². The van der Waals surface area contributed by atoms with E-state index in [0.717, 1.165) is 41.6 Å². The monoisotopic (exact) mass is 362 g/mol. The summed E-state index contributed by atoms with van der Waals surface area (Å²) < 4.78 is 0. The van der Waals surface area contributed by atoms with Crippen molar-refractivity contribution in [2.75, 3.05) is 6.54 Å². The summed E-state index contributed by atoms with van der Waals surface area (Å²) in [7, 11) is 0. The lowest BCUT2D eigenvalue weighted by Crippen LogP contribution is -2.24. The maximum absolute atomic E-state index is 4.86. The Hall–Kier alpha value is -2.09. The van der Waals surface area contributed by atoms with Crippen molar-refractivity contribution in [2.24, 2.45) is 11.8 Å². The Morgan fingerprint density at radius 1 is 1.37 bits per heavy atom. The lowest BCUT2D eigenvalue weighted by Gasteiger charge is -2.32. The molecule has 0 bridgehead atoms. The highest BCUT2D eigenvalue weighted by Gasteiger charge is 2.29. The minimum atomic E-state index is 0.230. The van der Waals surface area contributed by atoms with Crippen molar-refractivity contribution in [3.8, 4) is 0 Å². The molecule has 2 atom stereocenters. The van der Waals surface area contributed by atoms with Crippen molar-refractivity contribution in [2.45, 2.75) is 59.4 Å². The lowest BCUT2D eigenvalue weighted by molar-refractivity contribution is 0.218. The van der Waals surface area contributed by atoms with Gasteiger partial charge in [0.05, 0.1) is 6.04 Å². The number of nitrogens with zero attached hydrogens (tertiary/aromatic N) is 2. The highest BCUT2D eigenvalue weighted by molar-refractivity contribution is 5.53. The second kappa shape index (κ2) is 7.88. The molecule has 0 amide bonds. The van der Waals surface area contributed by atoms with E-state index in [0.29, 0.717) is 0 Å². The van der Waals surface area contributed by atoms with Gasteiger partial charge in [0.25, 0.3) is 0 Å². The zero-order valence-electron chi connectivity index (χ0n) is 17.5. The first-order valence-corrected chi connectivity index (χ1v) is 10.3. The van der Waals surface area contributed by atoms with Crippen LogP contribution >= 0.6 is 0 Å². The second-order valence-corrected chi connectivity index (χ2v) is 8.53. The standard InChI is InChI=1S/C25H34N2/c1-8-23-20(7)27(15-24(23)16(2)3)19(6)22-12-18(5)25(26-14-22)13-17(4)21-10-9-11-21/h8,12,14,17,19,21H,1-2,7,9-11,13,15H2,3-6H3. The van der Waals surface area contributed by atoms with Crippen LogP contribution < -0.4 is 0 Å². The smallest absolute Gasteiger partial charge is 0.0533 e. The Kier molecular flexibility index (Phi) is 5.74. The van der Waals surface area contributed by atoms with Crippen molar-refractivity contribution in [3.05, 3.63) is 77.3 Å². The van der Waals surface area contributed by atoms with E-state index in [2.05, 4.69) is 64.6 Å². The summed E-state index contributed by atoms with van der Waals surface area (Å²) in [4.78, 5) is 7.20. The highest BCUT2D eigenvalue weighted by Crippen LogP contribution is 2.38. The third-order valence-electron chi connectivity index (χ3n) is 6.66. The maximum atomic E-state index is 4.86. The fourth-order valence-corrected chi connectivity index (χ4v) is 4.38. The van der Waals surface area contributed by atoms with Crippen LogP contribution in [0.4, 0.5) is 0 Å². The van der Waals surface area contributed by atoms with Gasteiger partial charge in [0, 0.05) is 29.7 Å². The van der Waals surface area contributed by atoms with E-state index in [-0.39, 0.29) is 6.04 Å². The molecule has 2 heterocycles. The largest absolute Gasteiger partial charge is 0.360 e. The number of aryl methyl sites for hydroxylation is 1. The van der Waals surface area contributed by atoms with E-state index >= 15 is 0 Å². The Bertz CT molecular complexity index is 795. The maximum Gasteiger partial charge on any atom is 0.0533 e. The average Bonchev–Trinajstić information content (AvgIpc) is 2.91. The van der Waals surface area contributed by atoms with Gasteiger partial charge in [-0.25, -0.2) is 0 Å². The number of allylic oxidation sites excluding steroid dienone is 1. The van der Waals surface area contributed by atoms with Crippen molar-refractivity contribution >= 4 is 0 Å². The van der Waals surface area contributed by atoms with E-state index in [4.69, 9.17) is 4.98 Å². The zero-order valence-corrected chi connectivity index (χ0v) is 17.5. The molecular weight excluding hydrogens is 328 g/mol. The predicted molar refractivity (Wildman–Crippen MR) is 115 cm³/mol. The molecule has 2 aliphatic rings. The zero-order chi connectivity index (χ0) is 19.7. The van der Waals surface area contributed by atoms with Crippen molar-refractivity contribution in [3.63, 3.8) is 0 Å². The third kappa shape index (κ3) is 3.81. The minimum Gasteiger partial charge on any atom is -0.360 e. The van der Waals surface area contributed by atoms with Crippen molar-refractivity contribution in [1.29, 1.82) is 0 Å². The lowest BCUT2D eigenvalue weighted by atomic mass is 9.75. The third-order valence-corrected chi connectivity index (χ3v) is 6.66. The van der Waals surface area contributed by atoms with E-state index < -0.39 is 0 Å². The first-order chi connectivity index (χ1) is 12.8. The molecule has 2 unspecified atom stereocenters. The Morgan fingerprint density at radius 3 is 2.56 bits per heavy atom. The highest BCUT2D eigenvalue weighted by atomic mass is 15.2. The average molecular weight is 363 g/mol. The first kappa shape index (κ1) is 19.7. The molecular formula is C25H34N2. The summed E-state index contributed by atoms with van der Waals surface area (Å²) in [6.07, 6.45) is 9.29. The molecule has 0 N–H and O–H groups in total. The molecule has 144 valence electrons. The molecule has 0 aromatic carbocycles. The molecule has 0 spiro atoms. The molecule has 1 aliphatic heterocycles. The van der Waals surface area contributed by atoms with E-state index in [1.54, 1.807) is 0 Å². The molecule has 0 radical (unpaired) electrons. The van der Waals surface area contributed by atoms with Gasteiger partial charge in [-0.15, -0.1) is 0 Å². The van der Waals surface area contributed by atoms with Gasteiger partial charge >= 0.3 is 0 Å². The van der Waals surface area contributed by atoms with E-state index in [1.807, 2.05) is 6.08 Å². The van der Waals surface area contributed by atoms with Crippen LogP contribution in [-0.2, 0) is 6.42 Å². The summed E-state index contributed by atoms with van der Waals surface area (Å²) in [6, 6.07) is 2.55. The van der Waals surface area contributed by atoms with Gasteiger partial charge < -0.3 is 4.90 Å². The Morgan fingerprint density at radius 2 is 2.07 bits per heavy atom. The SMILES string of the molecule is C=CC1=C(C(=C)C)CN(C(C)c2cnc(CC(C)C3CCC3)c(C)c2)C1=C. The summed E-state index contributed by atoms with van der Waals surface area (Å²) in [5.41, 5.74) is 8.33. The fraction of sp³-hybridized carbons (Fsp3) is 0.480. The summed E-state index contributed by atoms with van der Waals surface area (Å²) in [6.45, 7) is 22.2. The van der Waals surface area contributed by atoms with Gasteiger partial charge in [0.1, 0.15) is 0 Å². The van der Waals surface area contributed by atoms with Crippen LogP contribution in [0.15, 0.2) is 60.5 Å². The molecule has 1 saturated carbocycles. The van der Waals surface area contributed by atoms with Crippen LogP contribution in [0.5, 0.6) is 0 Å². The molecule has 27 heavy (non-hydrogen) atoms. The Balaban J connectivity index is 1.75. The van der Waals surface area contributed by atoms with Crippen LogP contribution in [0.1, 0.15) is 62.9 Å². The molecule has 1 fully saturated rings. The summed E-state index contributed by atoms with van der Waals surface area (Å²) in [5.74, 6) is 1.64. The number of hydrogen-bond acceptors (Lipinski definition) is 2. The first-order valence-electron chi connectivity index (χ1n) is 10.3. The molecule has 3 rings (SSSR count). The summed E-state index contributed by atoms with van der Waals surface area (Å²) >= 11 is 0. The number of pyridine rings is 1. The van der Waals surface area contributed by atoms with Crippen molar-refractivity contribution in [1.82, 2.24) is 9.88 Å². The van der Waals surface area contributed by atoms with Gasteiger partial charge in [-0.3, -0.25) is 4.98 Å². The van der Waals surface area contributed by atoms with Crippen LogP contribution in [0.3, 0.4) is 0 Å². The number of aromatic nitrogens is 1. The normalized spacial score (nSPS) is 19.9. The molecule has 1 aliphatic carbocycles.